The number of hydrogen-bond donors (Lipinski definition) is 2. The number of ether oxygens (including phenoxy) is 2. The summed E-state index contributed by atoms with van der Waals surface area (Å²) < 4.78 is 16.0. The zero-order valence-corrected chi connectivity index (χ0v) is 19.2. The van der Waals surface area contributed by atoms with Gasteiger partial charge in [-0.1, -0.05) is 18.2 Å². The zero-order chi connectivity index (χ0) is 23.3. The molecule has 4 saturated carbocycles. The minimum atomic E-state index is -0.924. The summed E-state index contributed by atoms with van der Waals surface area (Å²) >= 11 is 0. The van der Waals surface area contributed by atoms with Crippen LogP contribution in [0.5, 0.6) is 0 Å². The summed E-state index contributed by atoms with van der Waals surface area (Å²) in [4.78, 5) is 32.7. The maximum Gasteiger partial charge on any atom is 0.416 e. The molecular weight excluding hydrogens is 434 g/mol. The molecule has 3 heterocycles. The van der Waals surface area contributed by atoms with Gasteiger partial charge in [0.2, 0.25) is 0 Å². The van der Waals surface area contributed by atoms with Crippen molar-refractivity contribution < 1.29 is 18.7 Å². The van der Waals surface area contributed by atoms with E-state index in [4.69, 9.17) is 9.47 Å². The van der Waals surface area contributed by atoms with Crippen molar-refractivity contribution in [3.8, 4) is 0 Å². The number of benzene rings is 1. The van der Waals surface area contributed by atoms with Crippen LogP contribution in [0.3, 0.4) is 0 Å². The monoisotopic (exact) mass is 463 g/mol. The van der Waals surface area contributed by atoms with Gasteiger partial charge in [0, 0.05) is 29.7 Å². The Bertz CT molecular complexity index is 1240. The molecule has 4 fully saturated rings. The number of aliphatic imine (C=N–C) groups is 1. The van der Waals surface area contributed by atoms with E-state index >= 15 is 0 Å². The summed E-state index contributed by atoms with van der Waals surface area (Å²) in [7, 11) is 0. The van der Waals surface area contributed by atoms with Crippen LogP contribution in [-0.2, 0) is 20.7 Å². The average Bonchev–Trinajstić information content (AvgIpc) is 3.51. The molecule has 1 aromatic carbocycles. The molecule has 0 amide bonds. The summed E-state index contributed by atoms with van der Waals surface area (Å²) in [5.41, 5.74) is 1.22. The SMILES string of the molecule is C[C@]1(Cc2c[nH]c3ccccc23)N=C(OC2C3CC4CC(C3)CC2C4)OC1=O.O=c1[nH]cco1. The summed E-state index contributed by atoms with van der Waals surface area (Å²) in [5.74, 6) is 2.29. The van der Waals surface area contributed by atoms with E-state index in [9.17, 15) is 9.59 Å². The topological polar surface area (TPSA) is 110 Å². The first-order chi connectivity index (χ1) is 16.5. The molecule has 0 unspecified atom stereocenters. The molecule has 8 nitrogen and oxygen atoms in total. The molecular formula is C26H29N3O5. The lowest BCUT2D eigenvalue weighted by molar-refractivity contribution is -0.142. The quantitative estimate of drug-likeness (QED) is 0.566. The molecule has 0 saturated heterocycles. The van der Waals surface area contributed by atoms with Gasteiger partial charge < -0.3 is 18.9 Å². The summed E-state index contributed by atoms with van der Waals surface area (Å²) in [6, 6.07) is 8.13. The number of carbonyl (C=O) groups excluding carboxylic acids is 1. The molecule has 0 spiro atoms. The van der Waals surface area contributed by atoms with Gasteiger partial charge in [0.25, 0.3) is 0 Å². The Morgan fingerprint density at radius 1 is 1.06 bits per heavy atom. The zero-order valence-electron chi connectivity index (χ0n) is 19.2. The Labute approximate surface area is 196 Å². The van der Waals surface area contributed by atoms with Crippen LogP contribution in [0.25, 0.3) is 10.9 Å². The largest absolute Gasteiger partial charge is 0.446 e. The third-order valence-electron chi connectivity index (χ3n) is 7.99. The number of para-hydroxylation sites is 1. The number of nitrogens with zero attached hydrogens (tertiary/aromatic N) is 1. The van der Waals surface area contributed by atoms with Crippen LogP contribution in [0.2, 0.25) is 0 Å². The van der Waals surface area contributed by atoms with E-state index in [-0.39, 0.29) is 18.2 Å². The number of cyclic esters (lactones) is 1. The predicted octanol–water partition coefficient (Wildman–Crippen LogP) is 4.19. The van der Waals surface area contributed by atoms with Crippen LogP contribution in [0.15, 0.2) is 57.1 Å². The van der Waals surface area contributed by atoms with Gasteiger partial charge in [-0.05, 0) is 74.3 Å². The number of hydrogen-bond acceptors (Lipinski definition) is 6. The number of aromatic amines is 2. The molecule has 8 rings (SSSR count). The number of nitrogens with one attached hydrogen (secondary N) is 2. The Hall–Kier alpha value is -3.29. The van der Waals surface area contributed by atoms with Crippen molar-refractivity contribution in [3.63, 3.8) is 0 Å². The molecule has 1 atom stereocenters. The van der Waals surface area contributed by atoms with E-state index in [0.29, 0.717) is 18.3 Å². The third-order valence-corrected chi connectivity index (χ3v) is 7.99. The standard InChI is InChI=1S/C23H26N2O3.C3H3NO2/c1-23(11-17-12-24-19-5-3-2-4-18(17)19)21(26)28-22(25-23)27-20-15-7-13-6-14(9-15)10-16(20)8-13;5-3-4-1-2-6-3/h2-5,12-16,20,24H,6-11H2,1H3;1-2H,(H,4,5)/t13?,14?,15?,16?,20?,23-;/m1./s1. The Morgan fingerprint density at radius 2 is 1.79 bits per heavy atom. The molecule has 178 valence electrons. The first-order valence-corrected chi connectivity index (χ1v) is 12.1. The summed E-state index contributed by atoms with van der Waals surface area (Å²) in [6.07, 6.45) is 12.1. The van der Waals surface area contributed by atoms with Crippen molar-refractivity contribution in [1.29, 1.82) is 0 Å². The maximum absolute atomic E-state index is 12.7. The van der Waals surface area contributed by atoms with Crippen LogP contribution < -0.4 is 5.76 Å². The van der Waals surface area contributed by atoms with Crippen LogP contribution in [0.1, 0.15) is 44.6 Å². The second kappa shape index (κ2) is 8.18. The van der Waals surface area contributed by atoms with Gasteiger partial charge in [-0.2, -0.15) is 4.99 Å². The number of rotatable bonds is 3. The van der Waals surface area contributed by atoms with E-state index in [1.807, 2.05) is 31.3 Å². The predicted molar refractivity (Wildman–Crippen MR) is 125 cm³/mol. The second-order valence-electron chi connectivity index (χ2n) is 10.4. The van der Waals surface area contributed by atoms with Gasteiger partial charge in [0.1, 0.15) is 12.4 Å². The van der Waals surface area contributed by atoms with Crippen LogP contribution in [-0.4, -0.2) is 33.7 Å². The molecule has 4 aliphatic carbocycles. The minimum absolute atomic E-state index is 0.176. The van der Waals surface area contributed by atoms with E-state index in [0.717, 1.165) is 28.3 Å². The smallest absolute Gasteiger partial charge is 0.416 e. The highest BCUT2D eigenvalue weighted by Crippen LogP contribution is 2.54. The Balaban J connectivity index is 0.000000318. The van der Waals surface area contributed by atoms with Crippen molar-refractivity contribution in [3.05, 3.63) is 59.0 Å². The van der Waals surface area contributed by atoms with Crippen LogP contribution in [0, 0.1) is 23.7 Å². The van der Waals surface area contributed by atoms with Gasteiger partial charge in [-0.3, -0.25) is 4.98 Å². The fraction of sp³-hybridized carbons (Fsp3) is 0.500. The molecule has 3 aromatic rings. The van der Waals surface area contributed by atoms with Crippen molar-refractivity contribution in [2.45, 2.75) is 57.1 Å². The first kappa shape index (κ1) is 21.3. The van der Waals surface area contributed by atoms with Gasteiger partial charge in [0.05, 0.1) is 0 Å². The Kier molecular flexibility index (Phi) is 5.12. The fourth-order valence-corrected chi connectivity index (χ4v) is 6.69. The molecule has 1 aliphatic heterocycles. The van der Waals surface area contributed by atoms with Gasteiger partial charge >= 0.3 is 17.8 Å². The lowest BCUT2D eigenvalue weighted by Gasteiger charge is -2.53. The normalized spacial score (nSPS) is 33.4. The van der Waals surface area contributed by atoms with Gasteiger partial charge in [0.15, 0.2) is 5.54 Å². The summed E-state index contributed by atoms with van der Waals surface area (Å²) in [5, 5.41) is 1.13. The lowest BCUT2D eigenvalue weighted by Crippen LogP contribution is -2.50. The average molecular weight is 464 g/mol. The minimum Gasteiger partial charge on any atom is -0.446 e. The van der Waals surface area contributed by atoms with Crippen LogP contribution in [0.4, 0.5) is 0 Å². The Morgan fingerprint density at radius 3 is 2.44 bits per heavy atom. The van der Waals surface area contributed by atoms with Gasteiger partial charge in [-0.15, -0.1) is 0 Å². The second-order valence-corrected chi connectivity index (χ2v) is 10.4. The highest BCUT2D eigenvalue weighted by Gasteiger charge is 2.51. The molecule has 34 heavy (non-hydrogen) atoms. The van der Waals surface area contributed by atoms with Crippen LogP contribution >= 0.6 is 0 Å². The maximum atomic E-state index is 12.7. The molecule has 4 bridgehead atoms. The fourth-order valence-electron chi connectivity index (χ4n) is 6.69. The number of fused-ring (bicyclic) bond motifs is 1. The van der Waals surface area contributed by atoms with E-state index < -0.39 is 11.3 Å². The number of esters is 1. The van der Waals surface area contributed by atoms with E-state index in [2.05, 4.69) is 25.4 Å². The number of aromatic nitrogens is 2. The molecule has 2 aromatic heterocycles. The van der Waals surface area contributed by atoms with Crippen molar-refractivity contribution >= 4 is 23.0 Å². The van der Waals surface area contributed by atoms with Crippen molar-refractivity contribution in [1.82, 2.24) is 9.97 Å². The lowest BCUT2D eigenvalue weighted by atomic mass is 9.55. The van der Waals surface area contributed by atoms with Crippen molar-refractivity contribution in [2.24, 2.45) is 28.7 Å². The number of carbonyl (C=O) groups is 1. The number of oxazole rings is 1. The van der Waals surface area contributed by atoms with Crippen molar-refractivity contribution in [2.75, 3.05) is 0 Å². The molecule has 2 N–H and O–H groups in total. The molecule has 0 radical (unpaired) electrons. The number of H-pyrrole nitrogens is 2. The van der Waals surface area contributed by atoms with E-state index in [1.54, 1.807) is 0 Å². The molecule has 8 heteroatoms. The third kappa shape index (κ3) is 3.85. The highest BCUT2D eigenvalue weighted by molar-refractivity contribution is 5.97. The summed E-state index contributed by atoms with van der Waals surface area (Å²) in [6.45, 7) is 1.85. The first-order valence-electron chi connectivity index (χ1n) is 12.1. The van der Waals surface area contributed by atoms with Gasteiger partial charge in [-0.25, -0.2) is 9.59 Å². The molecule has 5 aliphatic rings. The van der Waals surface area contributed by atoms with E-state index in [1.165, 1.54) is 44.6 Å². The highest BCUT2D eigenvalue weighted by atomic mass is 16.7.